The first-order valence-corrected chi connectivity index (χ1v) is 11.2. The van der Waals surface area contributed by atoms with Gasteiger partial charge < -0.3 is 9.47 Å². The van der Waals surface area contributed by atoms with Crippen molar-refractivity contribution in [3.05, 3.63) is 92.8 Å². The van der Waals surface area contributed by atoms with Crippen molar-refractivity contribution in [1.82, 2.24) is 9.55 Å². The van der Waals surface area contributed by atoms with Crippen LogP contribution in [0.15, 0.2) is 65.7 Å². The molecule has 0 aliphatic carbocycles. The van der Waals surface area contributed by atoms with Crippen molar-refractivity contribution in [1.29, 1.82) is 0 Å². The highest BCUT2D eigenvalue weighted by molar-refractivity contribution is 7.20. The smallest absolute Gasteiger partial charge is 0.348 e. The van der Waals surface area contributed by atoms with Crippen LogP contribution in [0.4, 0.5) is 0 Å². The largest absolute Gasteiger partial charge is 0.497 e. The molecule has 4 rings (SSSR count). The Bertz CT molecular complexity index is 1360. The minimum absolute atomic E-state index is 0.153. The first-order valence-electron chi connectivity index (χ1n) is 10.3. The number of methoxy groups -OCH3 is 1. The third-order valence-corrected chi connectivity index (χ3v) is 6.48. The number of carbonyl (C=O) groups excluding carboxylic acids is 2. The Balaban J connectivity index is 1.51. The van der Waals surface area contributed by atoms with Gasteiger partial charge in [0, 0.05) is 12.0 Å². The molecule has 168 valence electrons. The summed E-state index contributed by atoms with van der Waals surface area (Å²) >= 11 is 1.12. The van der Waals surface area contributed by atoms with Crippen LogP contribution in [0.2, 0.25) is 0 Å². The predicted octanol–water partition coefficient (Wildman–Crippen LogP) is 4.06. The van der Waals surface area contributed by atoms with Gasteiger partial charge in [-0.05, 0) is 42.3 Å². The predicted molar refractivity (Wildman–Crippen MR) is 126 cm³/mol. The Hall–Kier alpha value is -3.78. The van der Waals surface area contributed by atoms with Crippen molar-refractivity contribution in [3.8, 4) is 5.75 Å². The molecule has 8 heteroatoms. The Morgan fingerprint density at radius 2 is 1.79 bits per heavy atom. The number of aromatic nitrogens is 2. The van der Waals surface area contributed by atoms with E-state index < -0.39 is 5.97 Å². The van der Waals surface area contributed by atoms with Crippen molar-refractivity contribution in [3.63, 3.8) is 0 Å². The monoisotopic (exact) mass is 462 g/mol. The van der Waals surface area contributed by atoms with Crippen LogP contribution in [0, 0.1) is 6.92 Å². The van der Waals surface area contributed by atoms with Crippen LogP contribution in [0.5, 0.6) is 5.75 Å². The number of nitrogens with zero attached hydrogens (tertiary/aromatic N) is 2. The van der Waals surface area contributed by atoms with E-state index in [0.717, 1.165) is 16.9 Å². The van der Waals surface area contributed by atoms with Crippen molar-refractivity contribution >= 4 is 33.3 Å². The van der Waals surface area contributed by atoms with Gasteiger partial charge in [-0.3, -0.25) is 14.2 Å². The number of aryl methyl sites for hydroxylation is 1. The van der Waals surface area contributed by atoms with E-state index in [-0.39, 0.29) is 24.5 Å². The summed E-state index contributed by atoms with van der Waals surface area (Å²) < 4.78 is 11.8. The molecule has 0 unspecified atom stereocenters. The summed E-state index contributed by atoms with van der Waals surface area (Å²) in [5.74, 6) is -0.0649. The quantitative estimate of drug-likeness (QED) is 0.290. The normalized spacial score (nSPS) is 10.8. The highest BCUT2D eigenvalue weighted by Crippen LogP contribution is 2.27. The van der Waals surface area contributed by atoms with Gasteiger partial charge in [-0.15, -0.1) is 11.3 Å². The standard InChI is InChI=1S/C25H22N2O5S/c1-16-21-23(33-22(16)25(30)32-13-12-17-6-4-3-5-7-17)26-15-27(24(21)29)14-20(28)18-8-10-19(31-2)11-9-18/h3-11,15H,12-14H2,1-2H3. The molecule has 0 aliphatic rings. The number of esters is 1. The zero-order valence-corrected chi connectivity index (χ0v) is 19.1. The number of rotatable bonds is 8. The summed E-state index contributed by atoms with van der Waals surface area (Å²) in [4.78, 5) is 43.4. The van der Waals surface area contributed by atoms with Crippen LogP contribution in [-0.4, -0.2) is 35.0 Å². The summed E-state index contributed by atoms with van der Waals surface area (Å²) in [6.45, 7) is 1.79. The molecule has 7 nitrogen and oxygen atoms in total. The molecule has 0 radical (unpaired) electrons. The summed E-state index contributed by atoms with van der Waals surface area (Å²) in [6.07, 6.45) is 1.95. The lowest BCUT2D eigenvalue weighted by molar-refractivity contribution is 0.0514. The van der Waals surface area contributed by atoms with Crippen LogP contribution in [0.1, 0.15) is 31.2 Å². The molecule has 2 heterocycles. The summed E-state index contributed by atoms with van der Waals surface area (Å²) in [5.41, 5.74) is 1.69. The van der Waals surface area contributed by atoms with Gasteiger partial charge in [-0.25, -0.2) is 9.78 Å². The summed E-state index contributed by atoms with van der Waals surface area (Å²) in [6, 6.07) is 16.4. The zero-order chi connectivity index (χ0) is 23.4. The lowest BCUT2D eigenvalue weighted by atomic mass is 10.1. The van der Waals surface area contributed by atoms with E-state index in [0.29, 0.717) is 38.4 Å². The number of ether oxygens (including phenoxy) is 2. The average molecular weight is 463 g/mol. The lowest BCUT2D eigenvalue weighted by Crippen LogP contribution is -2.24. The van der Waals surface area contributed by atoms with Crippen molar-refractivity contribution in [2.45, 2.75) is 19.9 Å². The van der Waals surface area contributed by atoms with Crippen LogP contribution in [0.25, 0.3) is 10.2 Å². The summed E-state index contributed by atoms with van der Waals surface area (Å²) in [5, 5.41) is 0.333. The number of thiophene rings is 1. The SMILES string of the molecule is COc1ccc(C(=O)Cn2cnc3sc(C(=O)OCCc4ccccc4)c(C)c3c2=O)cc1. The molecule has 33 heavy (non-hydrogen) atoms. The third-order valence-electron chi connectivity index (χ3n) is 5.30. The fraction of sp³-hybridized carbons (Fsp3) is 0.200. The van der Waals surface area contributed by atoms with E-state index in [9.17, 15) is 14.4 Å². The van der Waals surface area contributed by atoms with Crippen molar-refractivity contribution < 1.29 is 19.1 Å². The number of carbonyl (C=O) groups is 2. The Morgan fingerprint density at radius 3 is 2.48 bits per heavy atom. The van der Waals surface area contributed by atoms with Crippen LogP contribution >= 0.6 is 11.3 Å². The lowest BCUT2D eigenvalue weighted by Gasteiger charge is -2.06. The van der Waals surface area contributed by atoms with E-state index in [4.69, 9.17) is 9.47 Å². The van der Waals surface area contributed by atoms with Gasteiger partial charge >= 0.3 is 5.97 Å². The molecule has 0 spiro atoms. The molecule has 0 bridgehead atoms. The number of benzene rings is 2. The van der Waals surface area contributed by atoms with Gasteiger partial charge in [0.1, 0.15) is 15.5 Å². The van der Waals surface area contributed by atoms with Gasteiger partial charge in [0.15, 0.2) is 5.78 Å². The average Bonchev–Trinajstić information content (AvgIpc) is 3.18. The minimum Gasteiger partial charge on any atom is -0.497 e. The number of Topliss-reactive ketones (excluding diaryl/α,β-unsaturated/α-hetero) is 1. The second kappa shape index (κ2) is 9.79. The molecule has 0 atom stereocenters. The van der Waals surface area contributed by atoms with E-state index in [2.05, 4.69) is 4.98 Å². The molecule has 0 saturated heterocycles. The van der Waals surface area contributed by atoms with Gasteiger partial charge in [0.25, 0.3) is 5.56 Å². The van der Waals surface area contributed by atoms with Crippen LogP contribution in [-0.2, 0) is 17.7 Å². The van der Waals surface area contributed by atoms with Crippen molar-refractivity contribution in [2.24, 2.45) is 0 Å². The first kappa shape index (κ1) is 22.4. The zero-order valence-electron chi connectivity index (χ0n) is 18.2. The van der Waals surface area contributed by atoms with Gasteiger partial charge in [0.2, 0.25) is 0 Å². The second-order valence-corrected chi connectivity index (χ2v) is 8.44. The topological polar surface area (TPSA) is 87.5 Å². The number of hydrogen-bond donors (Lipinski definition) is 0. The van der Waals surface area contributed by atoms with Gasteiger partial charge in [-0.1, -0.05) is 30.3 Å². The molecule has 2 aromatic heterocycles. The molecule has 0 aliphatic heterocycles. The highest BCUT2D eigenvalue weighted by Gasteiger charge is 2.21. The Morgan fingerprint density at radius 1 is 1.06 bits per heavy atom. The Kier molecular flexibility index (Phi) is 6.65. The first-order chi connectivity index (χ1) is 16.0. The summed E-state index contributed by atoms with van der Waals surface area (Å²) in [7, 11) is 1.55. The maximum atomic E-state index is 13.1. The van der Waals surface area contributed by atoms with E-state index >= 15 is 0 Å². The number of hydrogen-bond acceptors (Lipinski definition) is 7. The third kappa shape index (κ3) is 4.85. The molecule has 0 fully saturated rings. The fourth-order valence-corrected chi connectivity index (χ4v) is 4.49. The molecular formula is C25H22N2O5S. The molecule has 4 aromatic rings. The molecule has 0 saturated carbocycles. The fourth-order valence-electron chi connectivity index (χ4n) is 3.46. The molecule has 0 amide bonds. The number of fused-ring (bicyclic) bond motifs is 1. The second-order valence-electron chi connectivity index (χ2n) is 7.44. The highest BCUT2D eigenvalue weighted by atomic mass is 32.1. The van der Waals surface area contributed by atoms with Crippen LogP contribution in [0.3, 0.4) is 0 Å². The maximum Gasteiger partial charge on any atom is 0.348 e. The van der Waals surface area contributed by atoms with E-state index in [1.54, 1.807) is 38.3 Å². The van der Waals surface area contributed by atoms with Crippen LogP contribution < -0.4 is 10.3 Å². The van der Waals surface area contributed by atoms with Gasteiger partial charge in [-0.2, -0.15) is 0 Å². The minimum atomic E-state index is -0.480. The molecular weight excluding hydrogens is 440 g/mol. The van der Waals surface area contributed by atoms with Crippen molar-refractivity contribution in [2.75, 3.05) is 13.7 Å². The van der Waals surface area contributed by atoms with E-state index in [1.807, 2.05) is 30.3 Å². The Labute approximate surface area is 194 Å². The molecule has 2 aromatic carbocycles. The maximum absolute atomic E-state index is 13.1. The van der Waals surface area contributed by atoms with Gasteiger partial charge in [0.05, 0.1) is 32.0 Å². The van der Waals surface area contributed by atoms with E-state index in [1.165, 1.54) is 10.9 Å². The molecule has 0 N–H and O–H groups in total. The number of ketones is 1.